The van der Waals surface area contributed by atoms with Crippen molar-refractivity contribution in [3.05, 3.63) is 108 Å². The summed E-state index contributed by atoms with van der Waals surface area (Å²) in [5.74, 6) is 2.98. The largest absolute Gasteiger partial charge is 0.392 e. The van der Waals surface area contributed by atoms with Crippen molar-refractivity contribution < 1.29 is 0 Å². The molecule has 0 bridgehead atoms. The Morgan fingerprint density at radius 3 is 2.47 bits per heavy atom. The van der Waals surface area contributed by atoms with Gasteiger partial charge in [-0.3, -0.25) is 9.58 Å². The van der Waals surface area contributed by atoms with E-state index in [0.717, 1.165) is 123 Å². The number of hydrogen-bond donors (Lipinski definition) is 3. The number of para-hydroxylation sites is 1. The topological polar surface area (TPSA) is 106 Å². The van der Waals surface area contributed by atoms with E-state index in [1.165, 1.54) is 22.2 Å². The molecule has 60 heavy (non-hydrogen) atoms. The Morgan fingerprint density at radius 1 is 0.983 bits per heavy atom. The van der Waals surface area contributed by atoms with E-state index in [1.54, 1.807) is 6.20 Å². The molecule has 4 aromatic rings. The number of nitrogens with zero attached hydrogens (tertiary/aromatic N) is 9. The summed E-state index contributed by atoms with van der Waals surface area (Å²) in [6.45, 7) is 29.4. The monoisotopic (exact) mass is 828 g/mol. The normalized spacial score (nSPS) is 19.7. The number of nitrogens with one attached hydrogen (secondary N) is 3. The number of aryl methyl sites for hydroxylation is 1. The lowest BCUT2D eigenvalue weighted by atomic mass is 9.88. The van der Waals surface area contributed by atoms with Crippen molar-refractivity contribution in [2.75, 3.05) is 66.3 Å². The molecule has 3 saturated heterocycles. The fourth-order valence-corrected chi connectivity index (χ4v) is 9.74. The molecule has 8 rings (SSSR count). The summed E-state index contributed by atoms with van der Waals surface area (Å²) in [6, 6.07) is 9.50. The lowest BCUT2D eigenvalue weighted by molar-refractivity contribution is 0.130. The lowest BCUT2D eigenvalue weighted by Gasteiger charge is -2.43. The van der Waals surface area contributed by atoms with E-state index in [4.69, 9.17) is 26.7 Å². The second-order valence-corrected chi connectivity index (χ2v) is 17.6. The first kappa shape index (κ1) is 41.4. The third-order valence-corrected chi connectivity index (χ3v) is 13.4. The molecular weight excluding hydrogens is 768 g/mol. The van der Waals surface area contributed by atoms with Crippen LogP contribution in [0.2, 0.25) is 5.02 Å². The van der Waals surface area contributed by atoms with Gasteiger partial charge in [-0.2, -0.15) is 10.1 Å². The van der Waals surface area contributed by atoms with Gasteiger partial charge in [0.15, 0.2) is 5.82 Å². The van der Waals surface area contributed by atoms with E-state index >= 15 is 0 Å². The van der Waals surface area contributed by atoms with Gasteiger partial charge in [0.05, 0.1) is 35.0 Å². The Balaban J connectivity index is 0.885. The number of piperidine rings is 2. The highest BCUT2D eigenvalue weighted by Gasteiger charge is 2.33. The van der Waals surface area contributed by atoms with Gasteiger partial charge in [-0.25, -0.2) is 9.97 Å². The maximum Gasteiger partial charge on any atom is 0.227 e. The molecule has 2 atom stereocenters. The minimum atomic E-state index is 0.189. The maximum atomic E-state index is 6.70. The standard InChI is InChI=1S/C47H61ClN12/c1-29(2)60-34(7)36(15-13-30(3)49-8)25-37-26-38(27-50-46(37)60)53-45-41(48)28-51-47(54-45)59-23-21-57(22-24-59)33(6)35-17-19-58(20-18-35)42-12-10-11-40-43(55-56(9)44(40)42)39-16-14-31(4)52-32(39)5/h10-12,25-29,33,35,39,49,52H,3-5,7,13-24H2,1-2,6,8-9H3,(H,51,53,54). The van der Waals surface area contributed by atoms with Gasteiger partial charge >= 0.3 is 0 Å². The van der Waals surface area contributed by atoms with E-state index in [0.29, 0.717) is 28.7 Å². The Bertz CT molecular complexity index is 2330. The van der Waals surface area contributed by atoms with Crippen LogP contribution >= 0.6 is 11.6 Å². The predicted molar refractivity (Wildman–Crippen MR) is 249 cm³/mol. The number of piperazine rings is 1. The minimum Gasteiger partial charge on any atom is -0.392 e. The fourth-order valence-electron chi connectivity index (χ4n) is 9.60. The first-order valence-corrected chi connectivity index (χ1v) is 21.9. The van der Waals surface area contributed by atoms with Crippen molar-refractivity contribution >= 4 is 57.5 Å². The number of halogens is 1. The van der Waals surface area contributed by atoms with Crippen LogP contribution in [0.15, 0.2) is 91.3 Å². The zero-order valence-corrected chi connectivity index (χ0v) is 36.8. The Morgan fingerprint density at radius 2 is 1.75 bits per heavy atom. The fraction of sp³-hybridized carbons (Fsp3) is 0.447. The van der Waals surface area contributed by atoms with Crippen LogP contribution in [0, 0.1) is 5.92 Å². The average Bonchev–Trinajstić information content (AvgIpc) is 3.59. The van der Waals surface area contributed by atoms with Gasteiger partial charge in [0.1, 0.15) is 10.8 Å². The van der Waals surface area contributed by atoms with Crippen molar-refractivity contribution in [3.8, 4) is 0 Å². The Labute approximate surface area is 360 Å². The van der Waals surface area contributed by atoms with Crippen LogP contribution in [-0.2, 0) is 7.05 Å². The van der Waals surface area contributed by atoms with Crippen LogP contribution < -0.4 is 30.7 Å². The van der Waals surface area contributed by atoms with Gasteiger partial charge in [-0.15, -0.1) is 0 Å². The molecule has 13 heteroatoms. The number of fused-ring (bicyclic) bond motifs is 2. The molecule has 0 amide bonds. The molecular formula is C47H61ClN12. The first-order chi connectivity index (χ1) is 28.9. The van der Waals surface area contributed by atoms with Gasteiger partial charge in [-0.1, -0.05) is 50.0 Å². The highest BCUT2D eigenvalue weighted by molar-refractivity contribution is 6.32. The minimum absolute atomic E-state index is 0.189. The molecule has 7 heterocycles. The van der Waals surface area contributed by atoms with E-state index in [1.807, 2.05) is 13.2 Å². The van der Waals surface area contributed by atoms with Gasteiger partial charge in [0, 0.05) is 105 Å². The molecule has 0 radical (unpaired) electrons. The zero-order chi connectivity index (χ0) is 42.2. The number of aromatic nitrogens is 5. The van der Waals surface area contributed by atoms with Crippen LogP contribution in [-0.4, -0.2) is 88.0 Å². The molecule has 12 nitrogen and oxygen atoms in total. The predicted octanol–water partition coefficient (Wildman–Crippen LogP) is 8.72. The summed E-state index contributed by atoms with van der Waals surface area (Å²) in [6.07, 6.45) is 11.7. The zero-order valence-electron chi connectivity index (χ0n) is 36.1. The molecule has 0 spiro atoms. The number of hydrogen-bond acceptors (Lipinski definition) is 11. The molecule has 316 valence electrons. The van der Waals surface area contributed by atoms with Crippen LogP contribution in [0.3, 0.4) is 0 Å². The third kappa shape index (κ3) is 8.24. The summed E-state index contributed by atoms with van der Waals surface area (Å²) in [5.41, 5.74) is 10.6. The highest BCUT2D eigenvalue weighted by atomic mass is 35.5. The van der Waals surface area contributed by atoms with Crippen molar-refractivity contribution in [1.29, 1.82) is 0 Å². The van der Waals surface area contributed by atoms with Crippen molar-refractivity contribution in [2.45, 2.75) is 77.3 Å². The summed E-state index contributed by atoms with van der Waals surface area (Å²) in [5, 5.41) is 16.8. The van der Waals surface area contributed by atoms with Crippen LogP contribution in [0.25, 0.3) is 17.0 Å². The number of pyridine rings is 1. The smallest absolute Gasteiger partial charge is 0.227 e. The van der Waals surface area contributed by atoms with Crippen molar-refractivity contribution in [3.63, 3.8) is 0 Å². The summed E-state index contributed by atoms with van der Waals surface area (Å²) in [4.78, 5) is 24.2. The van der Waals surface area contributed by atoms with E-state index in [-0.39, 0.29) is 12.0 Å². The maximum absolute atomic E-state index is 6.70. The van der Waals surface area contributed by atoms with Gasteiger partial charge in [0.25, 0.3) is 0 Å². The van der Waals surface area contributed by atoms with E-state index in [9.17, 15) is 0 Å². The number of benzene rings is 1. The summed E-state index contributed by atoms with van der Waals surface area (Å²) in [7, 11) is 3.99. The quantitative estimate of drug-likeness (QED) is 0.128. The van der Waals surface area contributed by atoms with Gasteiger partial charge < -0.3 is 30.7 Å². The molecule has 2 unspecified atom stereocenters. The highest BCUT2D eigenvalue weighted by Crippen LogP contribution is 2.41. The molecule has 1 aromatic carbocycles. The second kappa shape index (κ2) is 17.3. The molecule has 4 aliphatic rings. The molecule has 4 aliphatic heterocycles. The van der Waals surface area contributed by atoms with Crippen LogP contribution in [0.1, 0.15) is 76.5 Å². The summed E-state index contributed by atoms with van der Waals surface area (Å²) < 4.78 is 2.08. The Kier molecular flexibility index (Phi) is 12.0. The number of anilines is 5. The van der Waals surface area contributed by atoms with Gasteiger partial charge in [0.2, 0.25) is 5.95 Å². The van der Waals surface area contributed by atoms with Gasteiger partial charge in [-0.05, 0) is 89.0 Å². The average molecular weight is 830 g/mol. The third-order valence-electron chi connectivity index (χ3n) is 13.1. The van der Waals surface area contributed by atoms with E-state index < -0.39 is 0 Å². The molecule has 3 N–H and O–H groups in total. The number of rotatable bonds is 12. The van der Waals surface area contributed by atoms with Crippen LogP contribution in [0.4, 0.5) is 29.0 Å². The molecule has 3 fully saturated rings. The lowest BCUT2D eigenvalue weighted by Crippen LogP contribution is -2.53. The first-order valence-electron chi connectivity index (χ1n) is 21.6. The Hall–Kier alpha value is -5.33. The van der Waals surface area contributed by atoms with Crippen molar-refractivity contribution in [1.82, 2.24) is 40.3 Å². The molecule has 0 aliphatic carbocycles. The summed E-state index contributed by atoms with van der Waals surface area (Å²) >= 11 is 6.70. The van der Waals surface area contributed by atoms with Crippen LogP contribution in [0.5, 0.6) is 0 Å². The van der Waals surface area contributed by atoms with E-state index in [2.05, 4.69) is 130 Å². The molecule has 3 aromatic heterocycles. The number of allylic oxidation sites excluding steroid dienone is 4. The second-order valence-electron chi connectivity index (χ2n) is 17.2. The van der Waals surface area contributed by atoms with Crippen molar-refractivity contribution in [2.24, 2.45) is 13.0 Å². The molecule has 0 saturated carbocycles. The SMILES string of the molecule is C=C(CCC1=Cc2cc(Nc3nc(N4CCN(C(C)C5CCN(c6cccc7c(C8CCC(=C)NC8=C)nn(C)c67)CC5)CC4)ncc3Cl)cnc2N(C(C)C)C1=C)NC.